The van der Waals surface area contributed by atoms with Crippen molar-refractivity contribution in [3.05, 3.63) is 50.2 Å². The fourth-order valence-electron chi connectivity index (χ4n) is 2.46. The van der Waals surface area contributed by atoms with Crippen molar-refractivity contribution in [2.75, 3.05) is 11.6 Å². The minimum Gasteiger partial charge on any atom is -0.310 e. The molecule has 1 aromatic heterocycles. The molecular weight excluding hydrogens is 354 g/mol. The number of hydrogen-bond donors (Lipinski definition) is 2. The van der Waals surface area contributed by atoms with Gasteiger partial charge in [-0.15, -0.1) is 0 Å². The van der Waals surface area contributed by atoms with Gasteiger partial charge in [-0.05, 0) is 24.0 Å². The van der Waals surface area contributed by atoms with Crippen molar-refractivity contribution in [3.8, 4) is 0 Å². The molecule has 1 aliphatic heterocycles. The number of anilines is 1. The highest BCUT2D eigenvalue weighted by Gasteiger charge is 2.30. The summed E-state index contributed by atoms with van der Waals surface area (Å²) in [5.74, 6) is -0.0413. The molecule has 1 aromatic carbocycles. The van der Waals surface area contributed by atoms with Crippen LogP contribution in [0.4, 0.5) is 5.82 Å². The van der Waals surface area contributed by atoms with Gasteiger partial charge in [0.25, 0.3) is 5.56 Å². The molecule has 21 heavy (non-hydrogen) atoms. The number of amides is 1. The predicted molar refractivity (Wildman–Crippen MR) is 85.9 cm³/mol. The fourth-order valence-corrected chi connectivity index (χ4v) is 3.25. The molecule has 0 unspecified atom stereocenters. The van der Waals surface area contributed by atoms with Crippen LogP contribution in [0.3, 0.4) is 0 Å². The van der Waals surface area contributed by atoms with Gasteiger partial charge in [0.2, 0.25) is 5.91 Å². The first kappa shape index (κ1) is 14.3. The number of carbonyl (C=O) groups is 1. The van der Waals surface area contributed by atoms with E-state index >= 15 is 0 Å². The second-order valence-corrected chi connectivity index (χ2v) is 6.41. The summed E-state index contributed by atoms with van der Waals surface area (Å²) < 4.78 is 0.914. The number of H-pyrrole nitrogens is 1. The average Bonchev–Trinajstić information content (AvgIpc) is 2.45. The molecule has 2 heterocycles. The third-order valence-corrected chi connectivity index (χ3v) is 4.45. The summed E-state index contributed by atoms with van der Waals surface area (Å²) in [5.41, 5.74) is 1.24. The molecular formula is C14H12BrN3O2S. The van der Waals surface area contributed by atoms with Crippen molar-refractivity contribution in [2.45, 2.75) is 17.5 Å². The van der Waals surface area contributed by atoms with Crippen molar-refractivity contribution >= 4 is 39.4 Å². The third-order valence-electron chi connectivity index (χ3n) is 3.37. The maximum Gasteiger partial charge on any atom is 0.257 e. The van der Waals surface area contributed by atoms with Gasteiger partial charge in [0.1, 0.15) is 5.82 Å². The maximum atomic E-state index is 12.3. The van der Waals surface area contributed by atoms with Crippen LogP contribution in [0.1, 0.15) is 23.5 Å². The monoisotopic (exact) mass is 365 g/mol. The number of aromatic nitrogens is 2. The summed E-state index contributed by atoms with van der Waals surface area (Å²) >= 11 is 4.75. The van der Waals surface area contributed by atoms with E-state index in [4.69, 9.17) is 0 Å². The number of hydrogen-bond acceptors (Lipinski definition) is 4. The first-order valence-electron chi connectivity index (χ1n) is 6.32. The van der Waals surface area contributed by atoms with Gasteiger partial charge in [0, 0.05) is 16.8 Å². The Bertz CT molecular complexity index is 775. The lowest BCUT2D eigenvalue weighted by Crippen LogP contribution is -2.31. The van der Waals surface area contributed by atoms with Crippen LogP contribution in [-0.4, -0.2) is 22.1 Å². The Morgan fingerprint density at radius 2 is 2.19 bits per heavy atom. The van der Waals surface area contributed by atoms with Gasteiger partial charge in [0.15, 0.2) is 5.16 Å². The van der Waals surface area contributed by atoms with Gasteiger partial charge in [-0.1, -0.05) is 39.8 Å². The Labute approximate surface area is 133 Å². The predicted octanol–water partition coefficient (Wildman–Crippen LogP) is 2.73. The van der Waals surface area contributed by atoms with E-state index < -0.39 is 0 Å². The second kappa shape index (κ2) is 5.65. The first-order valence-corrected chi connectivity index (χ1v) is 8.34. The van der Waals surface area contributed by atoms with Gasteiger partial charge < -0.3 is 10.3 Å². The van der Waals surface area contributed by atoms with Gasteiger partial charge in [0.05, 0.1) is 5.56 Å². The van der Waals surface area contributed by atoms with Crippen molar-refractivity contribution in [1.29, 1.82) is 0 Å². The summed E-state index contributed by atoms with van der Waals surface area (Å²) in [7, 11) is 0. The van der Waals surface area contributed by atoms with Crippen LogP contribution in [-0.2, 0) is 4.79 Å². The molecule has 0 saturated heterocycles. The van der Waals surface area contributed by atoms with E-state index in [1.807, 2.05) is 30.5 Å². The largest absolute Gasteiger partial charge is 0.310 e. The van der Waals surface area contributed by atoms with E-state index in [9.17, 15) is 9.59 Å². The molecule has 5 nitrogen and oxygen atoms in total. The fraction of sp³-hybridized carbons (Fsp3) is 0.214. The molecule has 2 N–H and O–H groups in total. The van der Waals surface area contributed by atoms with Crippen LogP contribution in [0, 0.1) is 0 Å². The van der Waals surface area contributed by atoms with E-state index in [2.05, 4.69) is 31.2 Å². The van der Waals surface area contributed by atoms with Gasteiger partial charge in [-0.3, -0.25) is 9.59 Å². The standard InChI is InChI=1S/C14H12BrN3O2S/c1-21-14-17-12-11(13(20)18-14)9(6-10(19)16-12)7-3-2-4-8(15)5-7/h2-5,9H,6H2,1H3,(H2,16,17,18,19,20)/t9-/m1/s1. The number of halogens is 1. The smallest absolute Gasteiger partial charge is 0.257 e. The van der Waals surface area contributed by atoms with E-state index in [-0.39, 0.29) is 23.8 Å². The molecule has 1 amide bonds. The highest BCUT2D eigenvalue weighted by Crippen LogP contribution is 2.35. The Balaban J connectivity index is 2.18. The van der Waals surface area contributed by atoms with Crippen LogP contribution < -0.4 is 10.9 Å². The zero-order valence-electron chi connectivity index (χ0n) is 11.1. The number of rotatable bonds is 2. The quantitative estimate of drug-likeness (QED) is 0.633. The first-order chi connectivity index (χ1) is 10.1. The molecule has 0 saturated carbocycles. The lowest BCUT2D eigenvalue weighted by atomic mass is 9.87. The van der Waals surface area contributed by atoms with Gasteiger partial charge >= 0.3 is 0 Å². The molecule has 108 valence electrons. The van der Waals surface area contributed by atoms with E-state index in [0.29, 0.717) is 16.5 Å². The number of nitrogens with zero attached hydrogens (tertiary/aromatic N) is 1. The van der Waals surface area contributed by atoms with Crippen molar-refractivity contribution in [2.24, 2.45) is 0 Å². The lowest BCUT2D eigenvalue weighted by molar-refractivity contribution is -0.116. The normalized spacial score (nSPS) is 17.2. The summed E-state index contributed by atoms with van der Waals surface area (Å²) in [6.45, 7) is 0. The number of thioether (sulfide) groups is 1. The zero-order valence-corrected chi connectivity index (χ0v) is 13.5. The minimum absolute atomic E-state index is 0.127. The van der Waals surface area contributed by atoms with Crippen LogP contribution in [0.25, 0.3) is 0 Å². The lowest BCUT2D eigenvalue weighted by Gasteiger charge is -2.24. The van der Waals surface area contributed by atoms with Gasteiger partial charge in [-0.2, -0.15) is 0 Å². The molecule has 1 aliphatic rings. The molecule has 3 rings (SSSR count). The van der Waals surface area contributed by atoms with E-state index in [1.165, 1.54) is 11.8 Å². The highest BCUT2D eigenvalue weighted by atomic mass is 79.9. The maximum absolute atomic E-state index is 12.3. The average molecular weight is 366 g/mol. The van der Waals surface area contributed by atoms with Gasteiger partial charge in [-0.25, -0.2) is 4.98 Å². The summed E-state index contributed by atoms with van der Waals surface area (Å²) in [6.07, 6.45) is 2.06. The summed E-state index contributed by atoms with van der Waals surface area (Å²) in [6, 6.07) is 7.64. The summed E-state index contributed by atoms with van der Waals surface area (Å²) in [4.78, 5) is 31.3. The Morgan fingerprint density at radius 1 is 1.38 bits per heavy atom. The minimum atomic E-state index is -0.279. The number of benzene rings is 1. The molecule has 0 bridgehead atoms. The van der Waals surface area contributed by atoms with E-state index in [1.54, 1.807) is 0 Å². The van der Waals surface area contributed by atoms with Crippen LogP contribution in [0.2, 0.25) is 0 Å². The Hall–Kier alpha value is -1.60. The molecule has 0 fully saturated rings. The third kappa shape index (κ3) is 2.75. The number of nitrogens with one attached hydrogen (secondary N) is 2. The zero-order chi connectivity index (χ0) is 15.0. The van der Waals surface area contributed by atoms with Crippen LogP contribution in [0.5, 0.6) is 0 Å². The molecule has 2 aromatic rings. The molecule has 0 spiro atoms. The Morgan fingerprint density at radius 3 is 2.90 bits per heavy atom. The number of carbonyl (C=O) groups excluding carboxylic acids is 1. The molecule has 0 aliphatic carbocycles. The van der Waals surface area contributed by atoms with Crippen molar-refractivity contribution < 1.29 is 4.79 Å². The second-order valence-electron chi connectivity index (χ2n) is 4.70. The van der Waals surface area contributed by atoms with Crippen molar-refractivity contribution in [1.82, 2.24) is 9.97 Å². The molecule has 0 radical (unpaired) electrons. The molecule has 7 heteroatoms. The van der Waals surface area contributed by atoms with Crippen molar-refractivity contribution in [3.63, 3.8) is 0 Å². The summed E-state index contributed by atoms with van der Waals surface area (Å²) in [5, 5.41) is 3.19. The highest BCUT2D eigenvalue weighted by molar-refractivity contribution is 9.10. The van der Waals surface area contributed by atoms with Crippen LogP contribution in [0.15, 0.2) is 38.7 Å². The SMILES string of the molecule is CSc1nc2c(c(=O)[nH]1)[C@@H](c1cccc(Br)c1)CC(=O)N2. The number of aromatic amines is 1. The van der Waals surface area contributed by atoms with Crippen LogP contribution >= 0.6 is 27.7 Å². The topological polar surface area (TPSA) is 74.8 Å². The number of fused-ring (bicyclic) bond motifs is 1. The molecule has 1 atom stereocenters. The van der Waals surface area contributed by atoms with E-state index in [0.717, 1.165) is 10.0 Å². The Kier molecular flexibility index (Phi) is 3.86.